The van der Waals surface area contributed by atoms with Crippen molar-refractivity contribution < 1.29 is 18.0 Å². The van der Waals surface area contributed by atoms with Gasteiger partial charge in [-0.05, 0) is 30.3 Å². The molecule has 8 heteroatoms. The maximum Gasteiger partial charge on any atom is 0.260 e. The number of guanidine groups is 1. The Morgan fingerprint density at radius 2 is 1.54 bits per heavy atom. The Hall–Kier alpha value is -3.03. The first-order valence-electron chi connectivity index (χ1n) is 9.10. The number of nitrogens with zero attached hydrogens (tertiary/aromatic N) is 4. The van der Waals surface area contributed by atoms with Crippen molar-refractivity contribution in [1.82, 2.24) is 9.80 Å². The molecule has 2 aromatic carbocycles. The Labute approximate surface area is 160 Å². The lowest BCUT2D eigenvalue weighted by molar-refractivity contribution is 0.0842. The number of carbonyl (C=O) groups excluding carboxylic acids is 1. The molecule has 2 heterocycles. The van der Waals surface area contributed by atoms with Gasteiger partial charge in [0, 0.05) is 38.3 Å². The molecule has 1 fully saturated rings. The summed E-state index contributed by atoms with van der Waals surface area (Å²) in [6.07, 6.45) is 0. The fraction of sp³-hybridized carbons (Fsp3) is 0.300. The van der Waals surface area contributed by atoms with Crippen molar-refractivity contribution >= 4 is 17.6 Å². The third-order valence-electron chi connectivity index (χ3n) is 4.99. The molecule has 0 radical (unpaired) electrons. The van der Waals surface area contributed by atoms with Gasteiger partial charge in [-0.15, -0.1) is 0 Å². The Kier molecular flexibility index (Phi) is 4.93. The standard InChI is InChI=1S/C20H19F3N4O/c21-15-6-5-14(13-17(15)23)19(28)27-8-7-24-20(27)26-11-9-25(10-12-26)18-4-2-1-3-16(18)22/h1-6,13H,7-12H2. The molecule has 146 valence electrons. The fourth-order valence-electron chi connectivity index (χ4n) is 3.54. The van der Waals surface area contributed by atoms with E-state index in [0.717, 1.165) is 12.1 Å². The van der Waals surface area contributed by atoms with E-state index in [1.165, 1.54) is 17.0 Å². The van der Waals surface area contributed by atoms with Gasteiger partial charge in [0.1, 0.15) is 5.82 Å². The Bertz CT molecular complexity index is 925. The highest BCUT2D eigenvalue weighted by molar-refractivity contribution is 6.06. The van der Waals surface area contributed by atoms with E-state index in [1.54, 1.807) is 18.2 Å². The third kappa shape index (κ3) is 3.42. The number of carbonyl (C=O) groups is 1. The maximum absolute atomic E-state index is 14.0. The number of hydrogen-bond acceptors (Lipinski definition) is 4. The summed E-state index contributed by atoms with van der Waals surface area (Å²) < 4.78 is 40.6. The minimum absolute atomic E-state index is 0.0819. The van der Waals surface area contributed by atoms with E-state index in [1.807, 2.05) is 9.80 Å². The number of para-hydroxylation sites is 1. The molecule has 28 heavy (non-hydrogen) atoms. The van der Waals surface area contributed by atoms with E-state index in [4.69, 9.17) is 0 Å². The largest absolute Gasteiger partial charge is 0.366 e. The van der Waals surface area contributed by atoms with Crippen LogP contribution in [0.5, 0.6) is 0 Å². The van der Waals surface area contributed by atoms with E-state index >= 15 is 0 Å². The number of aliphatic imine (C=N–C) groups is 1. The van der Waals surface area contributed by atoms with Crippen LogP contribution in [0.1, 0.15) is 10.4 Å². The molecule has 0 saturated carbocycles. The average molecular weight is 388 g/mol. The molecule has 2 aliphatic rings. The van der Waals surface area contributed by atoms with E-state index in [2.05, 4.69) is 4.99 Å². The first-order valence-corrected chi connectivity index (χ1v) is 9.10. The zero-order valence-electron chi connectivity index (χ0n) is 15.1. The van der Waals surface area contributed by atoms with Crippen LogP contribution >= 0.6 is 0 Å². The molecule has 2 aromatic rings. The number of benzene rings is 2. The molecule has 0 spiro atoms. The first-order chi connectivity index (χ1) is 13.5. The molecule has 4 rings (SSSR count). The highest BCUT2D eigenvalue weighted by Gasteiger charge is 2.31. The van der Waals surface area contributed by atoms with Crippen molar-refractivity contribution in [2.45, 2.75) is 0 Å². The SMILES string of the molecule is O=C(c1ccc(F)c(F)c1)N1CCN=C1N1CCN(c2ccccc2F)CC1. The van der Waals surface area contributed by atoms with Crippen LogP contribution in [0.25, 0.3) is 0 Å². The Morgan fingerprint density at radius 1 is 0.821 bits per heavy atom. The lowest BCUT2D eigenvalue weighted by atomic mass is 10.2. The fourth-order valence-corrected chi connectivity index (χ4v) is 3.54. The summed E-state index contributed by atoms with van der Waals surface area (Å²) in [6, 6.07) is 9.76. The Morgan fingerprint density at radius 3 is 2.25 bits per heavy atom. The first kappa shape index (κ1) is 18.3. The number of piperazine rings is 1. The molecule has 0 N–H and O–H groups in total. The van der Waals surface area contributed by atoms with Gasteiger partial charge < -0.3 is 9.80 Å². The van der Waals surface area contributed by atoms with Crippen LogP contribution in [-0.2, 0) is 0 Å². The monoisotopic (exact) mass is 388 g/mol. The van der Waals surface area contributed by atoms with Gasteiger partial charge in [-0.3, -0.25) is 14.7 Å². The second kappa shape index (κ2) is 7.53. The molecule has 0 aromatic heterocycles. The van der Waals surface area contributed by atoms with Crippen LogP contribution in [0.2, 0.25) is 0 Å². The summed E-state index contributed by atoms with van der Waals surface area (Å²) in [5.74, 6) is -2.18. The molecule has 1 saturated heterocycles. The molecular formula is C20H19F3N4O. The molecule has 0 atom stereocenters. The highest BCUT2D eigenvalue weighted by atomic mass is 19.2. The number of halogens is 3. The quantitative estimate of drug-likeness (QED) is 0.794. The maximum atomic E-state index is 14.0. The van der Waals surface area contributed by atoms with Crippen LogP contribution in [0.3, 0.4) is 0 Å². The van der Waals surface area contributed by atoms with Gasteiger partial charge >= 0.3 is 0 Å². The minimum Gasteiger partial charge on any atom is -0.366 e. The Balaban J connectivity index is 1.45. The van der Waals surface area contributed by atoms with Gasteiger partial charge in [0.15, 0.2) is 11.6 Å². The molecule has 2 aliphatic heterocycles. The van der Waals surface area contributed by atoms with Crippen LogP contribution < -0.4 is 4.90 Å². The van der Waals surface area contributed by atoms with E-state index in [9.17, 15) is 18.0 Å². The zero-order valence-corrected chi connectivity index (χ0v) is 15.1. The minimum atomic E-state index is -1.05. The van der Waals surface area contributed by atoms with Crippen molar-refractivity contribution in [3.8, 4) is 0 Å². The molecule has 1 amide bonds. The van der Waals surface area contributed by atoms with Gasteiger partial charge in [-0.1, -0.05) is 12.1 Å². The normalized spacial score (nSPS) is 17.1. The van der Waals surface area contributed by atoms with Crippen molar-refractivity contribution in [2.75, 3.05) is 44.2 Å². The van der Waals surface area contributed by atoms with Crippen LogP contribution in [0, 0.1) is 17.5 Å². The van der Waals surface area contributed by atoms with E-state index in [-0.39, 0.29) is 11.4 Å². The summed E-state index contributed by atoms with van der Waals surface area (Å²) in [7, 11) is 0. The molecular weight excluding hydrogens is 369 g/mol. The van der Waals surface area contributed by atoms with E-state index < -0.39 is 17.5 Å². The summed E-state index contributed by atoms with van der Waals surface area (Å²) in [5, 5.41) is 0. The topological polar surface area (TPSA) is 39.2 Å². The van der Waals surface area contributed by atoms with Crippen LogP contribution in [0.4, 0.5) is 18.9 Å². The van der Waals surface area contributed by atoms with Crippen LogP contribution in [0.15, 0.2) is 47.5 Å². The second-order valence-electron chi connectivity index (χ2n) is 6.69. The van der Waals surface area contributed by atoms with Gasteiger partial charge in [0.2, 0.25) is 5.96 Å². The predicted octanol–water partition coefficient (Wildman–Crippen LogP) is 2.74. The summed E-state index contributed by atoms with van der Waals surface area (Å²) in [5.41, 5.74) is 0.642. The molecule has 5 nitrogen and oxygen atoms in total. The van der Waals surface area contributed by atoms with Gasteiger partial charge in [0.05, 0.1) is 12.2 Å². The number of amides is 1. The zero-order chi connectivity index (χ0) is 19.7. The van der Waals surface area contributed by atoms with Crippen molar-refractivity contribution in [3.63, 3.8) is 0 Å². The summed E-state index contributed by atoms with van der Waals surface area (Å²) >= 11 is 0. The average Bonchev–Trinajstić information content (AvgIpc) is 3.20. The summed E-state index contributed by atoms with van der Waals surface area (Å²) in [6.45, 7) is 3.18. The van der Waals surface area contributed by atoms with Gasteiger partial charge in [-0.2, -0.15) is 0 Å². The highest BCUT2D eigenvalue weighted by Crippen LogP contribution is 2.22. The number of hydrogen-bond donors (Lipinski definition) is 0. The van der Waals surface area contributed by atoms with Gasteiger partial charge in [0.25, 0.3) is 5.91 Å². The third-order valence-corrected chi connectivity index (χ3v) is 4.99. The lowest BCUT2D eigenvalue weighted by Crippen LogP contribution is -2.53. The van der Waals surface area contributed by atoms with Crippen molar-refractivity contribution in [1.29, 1.82) is 0 Å². The van der Waals surface area contributed by atoms with Gasteiger partial charge in [-0.25, -0.2) is 13.2 Å². The van der Waals surface area contributed by atoms with Crippen molar-refractivity contribution in [2.24, 2.45) is 4.99 Å². The molecule has 0 bridgehead atoms. The lowest BCUT2D eigenvalue weighted by Gasteiger charge is -2.38. The second-order valence-corrected chi connectivity index (χ2v) is 6.69. The molecule has 0 unspecified atom stereocenters. The number of rotatable bonds is 2. The van der Waals surface area contributed by atoms with E-state index in [0.29, 0.717) is 50.9 Å². The smallest absolute Gasteiger partial charge is 0.260 e. The predicted molar refractivity (Wildman–Crippen MR) is 99.9 cm³/mol. The number of anilines is 1. The molecule has 0 aliphatic carbocycles. The van der Waals surface area contributed by atoms with Crippen LogP contribution in [-0.4, -0.2) is 60.9 Å². The summed E-state index contributed by atoms with van der Waals surface area (Å²) in [4.78, 5) is 22.6. The van der Waals surface area contributed by atoms with Crippen molar-refractivity contribution in [3.05, 3.63) is 65.5 Å².